The number of amides is 1. The first kappa shape index (κ1) is 40.1. The van der Waals surface area contributed by atoms with Crippen LogP contribution in [0, 0.1) is 11.3 Å². The van der Waals surface area contributed by atoms with Crippen LogP contribution in [0.5, 0.6) is 0 Å². The largest absolute Gasteiger partial charge is 0.458 e. The Labute approximate surface area is 301 Å². The van der Waals surface area contributed by atoms with E-state index in [2.05, 4.69) is 11.9 Å². The Morgan fingerprint density at radius 3 is 2.06 bits per heavy atom. The van der Waals surface area contributed by atoms with E-state index in [4.69, 9.17) is 37.9 Å². The van der Waals surface area contributed by atoms with Gasteiger partial charge >= 0.3 is 11.9 Å². The maximum atomic E-state index is 14.4. The molecular formula is C39H53NO11. The van der Waals surface area contributed by atoms with Gasteiger partial charge in [-0.2, -0.15) is 0 Å². The smallest absolute Gasteiger partial charge is 0.339 e. The van der Waals surface area contributed by atoms with Crippen LogP contribution in [0.3, 0.4) is 0 Å². The molecule has 0 unspecified atom stereocenters. The number of ether oxygens (including phenoxy) is 8. The highest BCUT2D eigenvalue weighted by Crippen LogP contribution is 2.43. The Kier molecular flexibility index (Phi) is 13.9. The van der Waals surface area contributed by atoms with Gasteiger partial charge < -0.3 is 43.2 Å². The van der Waals surface area contributed by atoms with Crippen LogP contribution in [-0.2, 0) is 42.7 Å². The highest BCUT2D eigenvalue weighted by Gasteiger charge is 2.54. The zero-order valence-corrected chi connectivity index (χ0v) is 30.9. The third-order valence-corrected chi connectivity index (χ3v) is 10.2. The van der Waals surface area contributed by atoms with Gasteiger partial charge in [-0.3, -0.25) is 4.79 Å². The molecule has 0 aliphatic carbocycles. The standard InChI is InChI=1S/C39H53NO11/c1-24-22-39(47-9,51-26(3)25(24)2)33(50-37(43)28-18-14-11-15-19-28)34(41)40-35(46-8)30-21-32(49-36(42)27-16-12-10-13-17-27)38(4,5)31(48-30)20-29(45-7)23-44-6/h10-19,25-26,29-33,35H,1,20-23H2,2-9H3,(H,40,41)/t25-,26-,29+,30+,31-,32-,33-,35+,39-/m1/s1. The van der Waals surface area contributed by atoms with Gasteiger partial charge in [0.2, 0.25) is 11.9 Å². The number of hydrogen-bond acceptors (Lipinski definition) is 11. The third-order valence-electron chi connectivity index (χ3n) is 10.2. The Balaban J connectivity index is 1.66. The number of rotatable bonds is 15. The number of carbonyl (C=O) groups is 3. The van der Waals surface area contributed by atoms with Crippen LogP contribution in [0.1, 0.15) is 67.7 Å². The molecule has 9 atom stereocenters. The maximum absolute atomic E-state index is 14.4. The number of esters is 2. The van der Waals surface area contributed by atoms with Crippen molar-refractivity contribution in [3.05, 3.63) is 83.9 Å². The average Bonchev–Trinajstić information content (AvgIpc) is 3.13. The molecule has 4 rings (SSSR count). The van der Waals surface area contributed by atoms with E-state index in [0.717, 1.165) is 5.57 Å². The third kappa shape index (κ3) is 9.43. The van der Waals surface area contributed by atoms with E-state index in [1.54, 1.807) is 68.8 Å². The Bertz CT molecular complexity index is 1470. The van der Waals surface area contributed by atoms with Crippen LogP contribution in [0.15, 0.2) is 72.8 Å². The van der Waals surface area contributed by atoms with Crippen molar-refractivity contribution in [3.8, 4) is 0 Å². The van der Waals surface area contributed by atoms with E-state index in [9.17, 15) is 14.4 Å². The molecule has 0 spiro atoms. The molecule has 0 saturated carbocycles. The fraction of sp³-hybridized carbons (Fsp3) is 0.564. The highest BCUT2D eigenvalue weighted by atomic mass is 16.7. The number of benzene rings is 2. The van der Waals surface area contributed by atoms with Crippen molar-refractivity contribution in [1.82, 2.24) is 5.32 Å². The second kappa shape index (κ2) is 17.7. The zero-order valence-electron chi connectivity index (χ0n) is 30.9. The van der Waals surface area contributed by atoms with Crippen LogP contribution in [0.4, 0.5) is 0 Å². The van der Waals surface area contributed by atoms with Gasteiger partial charge in [-0.1, -0.05) is 69.3 Å². The molecule has 51 heavy (non-hydrogen) atoms. The molecule has 2 saturated heterocycles. The summed E-state index contributed by atoms with van der Waals surface area (Å²) in [4.78, 5) is 41.2. The average molecular weight is 712 g/mol. The topological polar surface area (TPSA) is 137 Å². The molecule has 1 amide bonds. The minimum Gasteiger partial charge on any atom is -0.458 e. The lowest BCUT2D eigenvalue weighted by Crippen LogP contribution is -2.63. The predicted molar refractivity (Wildman–Crippen MR) is 188 cm³/mol. The lowest BCUT2D eigenvalue weighted by Gasteiger charge is -2.49. The number of methoxy groups -OCH3 is 4. The van der Waals surface area contributed by atoms with E-state index < -0.39 is 65.8 Å². The second-order valence-electron chi connectivity index (χ2n) is 13.8. The lowest BCUT2D eigenvalue weighted by atomic mass is 9.74. The number of carbonyl (C=O) groups excluding carboxylic acids is 3. The van der Waals surface area contributed by atoms with Gasteiger partial charge in [-0.05, 0) is 31.2 Å². The van der Waals surface area contributed by atoms with Gasteiger partial charge in [0.1, 0.15) is 12.2 Å². The zero-order chi connectivity index (χ0) is 37.3. The minimum absolute atomic E-state index is 0.0333. The van der Waals surface area contributed by atoms with Crippen molar-refractivity contribution in [2.75, 3.05) is 35.0 Å². The maximum Gasteiger partial charge on any atom is 0.339 e. The molecule has 12 nitrogen and oxygen atoms in total. The summed E-state index contributed by atoms with van der Waals surface area (Å²) in [6.45, 7) is 12.3. The molecule has 1 N–H and O–H groups in total. The molecule has 280 valence electrons. The summed E-state index contributed by atoms with van der Waals surface area (Å²) in [5, 5.41) is 2.89. The van der Waals surface area contributed by atoms with Gasteiger partial charge in [0.15, 0.2) is 6.23 Å². The van der Waals surface area contributed by atoms with E-state index in [-0.39, 0.29) is 30.4 Å². The fourth-order valence-corrected chi connectivity index (χ4v) is 6.61. The van der Waals surface area contributed by atoms with Gasteiger partial charge in [-0.15, -0.1) is 0 Å². The van der Waals surface area contributed by atoms with Crippen molar-refractivity contribution in [3.63, 3.8) is 0 Å². The van der Waals surface area contributed by atoms with Crippen LogP contribution in [-0.4, -0.2) is 102 Å². The monoisotopic (exact) mass is 711 g/mol. The summed E-state index contributed by atoms with van der Waals surface area (Å²) in [5.74, 6) is -3.69. The van der Waals surface area contributed by atoms with Gasteiger partial charge in [0.05, 0.1) is 36.0 Å². The van der Waals surface area contributed by atoms with Crippen LogP contribution in [0.2, 0.25) is 0 Å². The first-order chi connectivity index (χ1) is 24.3. The van der Waals surface area contributed by atoms with Crippen molar-refractivity contribution >= 4 is 17.8 Å². The summed E-state index contributed by atoms with van der Waals surface area (Å²) in [7, 11) is 6.00. The Morgan fingerprint density at radius 1 is 0.922 bits per heavy atom. The van der Waals surface area contributed by atoms with Crippen molar-refractivity contribution in [1.29, 1.82) is 0 Å². The Hall–Kier alpha value is -3.65. The molecule has 0 radical (unpaired) electrons. The molecule has 0 bridgehead atoms. The first-order valence-corrected chi connectivity index (χ1v) is 17.2. The normalized spacial score (nSPS) is 27.8. The highest BCUT2D eigenvalue weighted by molar-refractivity contribution is 5.93. The molecule has 2 heterocycles. The molecule has 2 aromatic carbocycles. The SMILES string of the molecule is C=C1C[C@](OC)([C@H](OC(=O)c2ccccc2)C(=O)N[C@@H](OC)[C@@H]2C[C@@H](OC(=O)c3ccccc3)C(C)(C)[C@@H](C[C@@H](COC)OC)O2)O[C@H](C)[C@@H]1C. The first-order valence-electron chi connectivity index (χ1n) is 17.2. The molecule has 12 heteroatoms. The van der Waals surface area contributed by atoms with Gasteiger partial charge in [0.25, 0.3) is 5.91 Å². The quantitative estimate of drug-likeness (QED) is 0.150. The van der Waals surface area contributed by atoms with E-state index in [1.165, 1.54) is 14.2 Å². The van der Waals surface area contributed by atoms with Gasteiger partial charge in [-0.25, -0.2) is 9.59 Å². The summed E-state index contributed by atoms with van der Waals surface area (Å²) < 4.78 is 47.9. The molecule has 2 aromatic rings. The lowest BCUT2D eigenvalue weighted by molar-refractivity contribution is -0.297. The number of nitrogens with one attached hydrogen (secondary N) is 1. The van der Waals surface area contributed by atoms with E-state index in [1.807, 2.05) is 33.8 Å². The van der Waals surface area contributed by atoms with Crippen LogP contribution >= 0.6 is 0 Å². The summed E-state index contributed by atoms with van der Waals surface area (Å²) in [6, 6.07) is 17.1. The summed E-state index contributed by atoms with van der Waals surface area (Å²) in [5.41, 5.74) is 0.739. The van der Waals surface area contributed by atoms with E-state index >= 15 is 0 Å². The molecule has 2 aliphatic heterocycles. The number of hydrogen-bond donors (Lipinski definition) is 1. The van der Waals surface area contributed by atoms with Gasteiger partial charge in [0, 0.05) is 59.0 Å². The molecule has 0 aromatic heterocycles. The van der Waals surface area contributed by atoms with Crippen LogP contribution < -0.4 is 5.32 Å². The predicted octanol–water partition coefficient (Wildman–Crippen LogP) is 5.11. The molecular weight excluding hydrogens is 658 g/mol. The van der Waals surface area contributed by atoms with Crippen molar-refractivity contribution < 1.29 is 52.3 Å². The Morgan fingerprint density at radius 2 is 1.53 bits per heavy atom. The minimum atomic E-state index is -1.69. The summed E-state index contributed by atoms with van der Waals surface area (Å²) in [6.07, 6.45) is -4.72. The summed E-state index contributed by atoms with van der Waals surface area (Å²) >= 11 is 0. The van der Waals surface area contributed by atoms with Crippen molar-refractivity contribution in [2.45, 2.75) is 95.6 Å². The van der Waals surface area contributed by atoms with E-state index in [0.29, 0.717) is 18.6 Å². The molecule has 2 fully saturated rings. The van der Waals surface area contributed by atoms with Crippen molar-refractivity contribution in [2.24, 2.45) is 11.3 Å². The molecule has 2 aliphatic rings. The second-order valence-corrected chi connectivity index (χ2v) is 13.8. The fourth-order valence-electron chi connectivity index (χ4n) is 6.61. The van der Waals surface area contributed by atoms with Crippen LogP contribution in [0.25, 0.3) is 0 Å².